The molecule has 3 amide bonds. The molecule has 0 bridgehead atoms. The number of hydrogen-bond donors (Lipinski definition) is 1. The highest BCUT2D eigenvalue weighted by molar-refractivity contribution is 6.05. The topological polar surface area (TPSA) is 75.7 Å². The number of nitrogens with zero attached hydrogens (tertiary/aromatic N) is 1. The molecule has 0 radical (unpaired) electrons. The highest BCUT2D eigenvalue weighted by Gasteiger charge is 2.47. The van der Waals surface area contributed by atoms with Crippen molar-refractivity contribution < 1.29 is 19.1 Å². The molecule has 1 saturated carbocycles. The van der Waals surface area contributed by atoms with Gasteiger partial charge in [0.15, 0.2) is 0 Å². The van der Waals surface area contributed by atoms with E-state index < -0.39 is 0 Å². The predicted octanol–water partition coefficient (Wildman–Crippen LogP) is 3.22. The van der Waals surface area contributed by atoms with Crippen molar-refractivity contribution in [3.8, 4) is 5.75 Å². The smallest absolute Gasteiger partial charge is 0.233 e. The number of imide groups is 1. The van der Waals surface area contributed by atoms with Crippen LogP contribution in [0.5, 0.6) is 5.75 Å². The van der Waals surface area contributed by atoms with Crippen LogP contribution in [-0.2, 0) is 14.4 Å². The summed E-state index contributed by atoms with van der Waals surface area (Å²) >= 11 is 0. The lowest BCUT2D eigenvalue weighted by atomic mass is 9.81. The van der Waals surface area contributed by atoms with Gasteiger partial charge < -0.3 is 10.1 Å². The quantitative estimate of drug-likeness (QED) is 0.730. The summed E-state index contributed by atoms with van der Waals surface area (Å²) in [6.07, 6.45) is 3.86. The van der Waals surface area contributed by atoms with Crippen LogP contribution in [0.1, 0.15) is 64.5 Å². The minimum atomic E-state index is -0.162. The number of benzene rings is 1. The van der Waals surface area contributed by atoms with Gasteiger partial charge in [0.05, 0.1) is 24.0 Å². The number of hydrogen-bond acceptors (Lipinski definition) is 4. The van der Waals surface area contributed by atoms with Crippen molar-refractivity contribution in [2.75, 3.05) is 6.54 Å². The maximum atomic E-state index is 12.5. The Bertz CT molecular complexity index is 705. The van der Waals surface area contributed by atoms with E-state index in [0.717, 1.165) is 37.0 Å². The fourth-order valence-electron chi connectivity index (χ4n) is 4.17. The molecule has 1 aromatic rings. The SMILES string of the molecule is CC(C)Oc1ccc(C(C)NC(=O)CCN2C(=O)C3CCCCC3C2=O)cc1. The summed E-state index contributed by atoms with van der Waals surface area (Å²) in [5.41, 5.74) is 0.976. The first-order chi connectivity index (χ1) is 13.4. The molecule has 3 rings (SSSR count). The Morgan fingerprint density at radius 3 is 2.18 bits per heavy atom. The maximum Gasteiger partial charge on any atom is 0.233 e. The van der Waals surface area contributed by atoms with Crippen molar-refractivity contribution in [1.82, 2.24) is 10.2 Å². The van der Waals surface area contributed by atoms with Crippen molar-refractivity contribution in [3.05, 3.63) is 29.8 Å². The van der Waals surface area contributed by atoms with Crippen molar-refractivity contribution >= 4 is 17.7 Å². The number of fused-ring (bicyclic) bond motifs is 1. The highest BCUT2D eigenvalue weighted by atomic mass is 16.5. The van der Waals surface area contributed by atoms with E-state index in [4.69, 9.17) is 4.74 Å². The monoisotopic (exact) mass is 386 g/mol. The van der Waals surface area contributed by atoms with Crippen LogP contribution in [0, 0.1) is 11.8 Å². The molecular weight excluding hydrogens is 356 g/mol. The van der Waals surface area contributed by atoms with Gasteiger partial charge in [0.25, 0.3) is 0 Å². The molecule has 1 heterocycles. The second-order valence-electron chi connectivity index (χ2n) is 8.10. The number of amides is 3. The van der Waals surface area contributed by atoms with E-state index in [2.05, 4.69) is 5.32 Å². The van der Waals surface area contributed by atoms with Crippen molar-refractivity contribution in [2.45, 2.75) is 65.0 Å². The first-order valence-corrected chi connectivity index (χ1v) is 10.3. The standard InChI is InChI=1S/C22H30N2O4/c1-14(2)28-17-10-8-16(9-11-17)15(3)23-20(25)12-13-24-21(26)18-6-4-5-7-19(18)22(24)27/h8-11,14-15,18-19H,4-7,12-13H2,1-3H3,(H,23,25). The highest BCUT2D eigenvalue weighted by Crippen LogP contribution is 2.37. The van der Waals surface area contributed by atoms with E-state index in [9.17, 15) is 14.4 Å². The molecule has 0 spiro atoms. The Balaban J connectivity index is 1.50. The van der Waals surface area contributed by atoms with E-state index in [1.54, 1.807) is 0 Å². The van der Waals surface area contributed by atoms with E-state index in [-0.39, 0.29) is 54.7 Å². The molecule has 3 unspecified atom stereocenters. The third-order valence-electron chi connectivity index (χ3n) is 5.62. The van der Waals surface area contributed by atoms with Crippen LogP contribution in [0.25, 0.3) is 0 Å². The second kappa shape index (κ2) is 8.76. The Labute approximate surface area is 166 Å². The molecule has 6 heteroatoms. The first kappa shape index (κ1) is 20.4. The summed E-state index contributed by atoms with van der Waals surface area (Å²) in [6.45, 7) is 6.03. The van der Waals surface area contributed by atoms with Crippen molar-refractivity contribution in [1.29, 1.82) is 0 Å². The summed E-state index contributed by atoms with van der Waals surface area (Å²) in [6, 6.07) is 7.48. The van der Waals surface area contributed by atoms with E-state index in [0.29, 0.717) is 0 Å². The minimum absolute atomic E-state index is 0.0868. The van der Waals surface area contributed by atoms with Crippen LogP contribution in [0.3, 0.4) is 0 Å². The van der Waals surface area contributed by atoms with Crippen LogP contribution in [0.15, 0.2) is 24.3 Å². The van der Waals surface area contributed by atoms with Gasteiger partial charge in [-0.1, -0.05) is 25.0 Å². The number of carbonyl (C=O) groups excluding carboxylic acids is 3. The van der Waals surface area contributed by atoms with Crippen LogP contribution >= 0.6 is 0 Å². The fraction of sp³-hybridized carbons (Fsp3) is 0.591. The number of carbonyl (C=O) groups is 3. The molecule has 2 fully saturated rings. The summed E-state index contributed by atoms with van der Waals surface area (Å²) in [5.74, 6) is 0.146. The minimum Gasteiger partial charge on any atom is -0.491 e. The summed E-state index contributed by atoms with van der Waals surface area (Å²) in [4.78, 5) is 38.6. The summed E-state index contributed by atoms with van der Waals surface area (Å²) in [5, 5.41) is 2.94. The van der Waals surface area contributed by atoms with Gasteiger partial charge in [0.2, 0.25) is 17.7 Å². The lowest BCUT2D eigenvalue weighted by Crippen LogP contribution is -2.36. The molecule has 28 heavy (non-hydrogen) atoms. The zero-order chi connectivity index (χ0) is 20.3. The number of likely N-dealkylation sites (tertiary alicyclic amines) is 1. The van der Waals surface area contributed by atoms with Gasteiger partial charge in [-0.3, -0.25) is 19.3 Å². The molecule has 1 aliphatic heterocycles. The molecule has 1 N–H and O–H groups in total. The lowest BCUT2D eigenvalue weighted by molar-refractivity contribution is -0.140. The second-order valence-corrected chi connectivity index (χ2v) is 8.10. The molecule has 1 saturated heterocycles. The fourth-order valence-corrected chi connectivity index (χ4v) is 4.17. The zero-order valence-corrected chi connectivity index (χ0v) is 16.9. The van der Waals surface area contributed by atoms with Crippen LogP contribution < -0.4 is 10.1 Å². The van der Waals surface area contributed by atoms with Crippen LogP contribution in [0.2, 0.25) is 0 Å². The maximum absolute atomic E-state index is 12.5. The van der Waals surface area contributed by atoms with E-state index in [1.807, 2.05) is 45.0 Å². The molecule has 152 valence electrons. The largest absolute Gasteiger partial charge is 0.491 e. The summed E-state index contributed by atoms with van der Waals surface area (Å²) < 4.78 is 5.63. The summed E-state index contributed by atoms with van der Waals surface area (Å²) in [7, 11) is 0. The number of nitrogens with one attached hydrogen (secondary N) is 1. The molecule has 0 aromatic heterocycles. The number of ether oxygens (including phenoxy) is 1. The Hall–Kier alpha value is -2.37. The van der Waals surface area contributed by atoms with Gasteiger partial charge in [0, 0.05) is 13.0 Å². The number of rotatable bonds is 7. The van der Waals surface area contributed by atoms with Gasteiger partial charge >= 0.3 is 0 Å². The van der Waals surface area contributed by atoms with E-state index in [1.165, 1.54) is 4.90 Å². The molecular formula is C22H30N2O4. The average molecular weight is 386 g/mol. The lowest BCUT2D eigenvalue weighted by Gasteiger charge is -2.19. The van der Waals surface area contributed by atoms with Crippen LogP contribution in [0.4, 0.5) is 0 Å². The predicted molar refractivity (Wildman–Crippen MR) is 106 cm³/mol. The van der Waals surface area contributed by atoms with Crippen LogP contribution in [-0.4, -0.2) is 35.3 Å². The van der Waals surface area contributed by atoms with Gasteiger partial charge in [-0.2, -0.15) is 0 Å². The Morgan fingerprint density at radius 1 is 1.07 bits per heavy atom. The van der Waals surface area contributed by atoms with Gasteiger partial charge in [-0.15, -0.1) is 0 Å². The first-order valence-electron chi connectivity index (χ1n) is 10.3. The average Bonchev–Trinajstić information content (AvgIpc) is 2.91. The molecule has 6 nitrogen and oxygen atoms in total. The van der Waals surface area contributed by atoms with Gasteiger partial charge in [-0.25, -0.2) is 0 Å². The molecule has 1 aromatic carbocycles. The normalized spacial score (nSPS) is 22.9. The third kappa shape index (κ3) is 4.54. The molecule has 2 aliphatic rings. The zero-order valence-electron chi connectivity index (χ0n) is 16.9. The Morgan fingerprint density at radius 2 is 1.64 bits per heavy atom. The molecule has 3 atom stereocenters. The molecule has 1 aliphatic carbocycles. The van der Waals surface area contributed by atoms with Crippen molar-refractivity contribution in [3.63, 3.8) is 0 Å². The third-order valence-corrected chi connectivity index (χ3v) is 5.62. The van der Waals surface area contributed by atoms with E-state index >= 15 is 0 Å². The Kier molecular flexibility index (Phi) is 6.37. The van der Waals surface area contributed by atoms with Gasteiger partial charge in [-0.05, 0) is 51.3 Å². The van der Waals surface area contributed by atoms with Crippen molar-refractivity contribution in [2.24, 2.45) is 11.8 Å². The van der Waals surface area contributed by atoms with Gasteiger partial charge in [0.1, 0.15) is 5.75 Å².